The van der Waals surface area contributed by atoms with Gasteiger partial charge in [-0.25, -0.2) is 4.98 Å². The summed E-state index contributed by atoms with van der Waals surface area (Å²) in [5, 5.41) is 3.47. The van der Waals surface area contributed by atoms with Gasteiger partial charge in [0.2, 0.25) is 0 Å². The van der Waals surface area contributed by atoms with Crippen molar-refractivity contribution in [3.63, 3.8) is 0 Å². The first kappa shape index (κ1) is 13.1. The smallest absolute Gasteiger partial charge is 0.263 e. The number of nitrogens with one attached hydrogen (secondary N) is 1. The molecule has 0 bridgehead atoms. The topological polar surface area (TPSA) is 42.0 Å². The van der Waals surface area contributed by atoms with Crippen LogP contribution in [0.3, 0.4) is 0 Å². The molecule has 0 saturated heterocycles. The number of nitrogens with zero attached hydrogens (tertiary/aromatic N) is 1. The summed E-state index contributed by atoms with van der Waals surface area (Å²) in [7, 11) is 0. The monoisotopic (exact) mass is 280 g/mol. The standard InChI is InChI=1S/C13H13ClN2OS/c1-9-15-8-12(18-9)13(17)16-7-11(14)10-5-3-2-4-6-10/h2-6,8,11H,7H2,1H3,(H,16,17). The second kappa shape index (κ2) is 5.98. The molecule has 1 N–H and O–H groups in total. The van der Waals surface area contributed by atoms with Crippen LogP contribution in [0.15, 0.2) is 36.5 Å². The second-order valence-corrected chi connectivity index (χ2v) is 5.59. The lowest BCUT2D eigenvalue weighted by atomic mass is 10.1. The molecule has 1 aromatic carbocycles. The zero-order valence-corrected chi connectivity index (χ0v) is 11.5. The minimum absolute atomic E-state index is 0.123. The highest BCUT2D eigenvalue weighted by Crippen LogP contribution is 2.19. The summed E-state index contributed by atoms with van der Waals surface area (Å²) >= 11 is 7.59. The maximum atomic E-state index is 11.8. The number of aryl methyl sites for hydroxylation is 1. The van der Waals surface area contributed by atoms with E-state index in [0.29, 0.717) is 11.4 Å². The third-order valence-electron chi connectivity index (χ3n) is 2.45. The van der Waals surface area contributed by atoms with Crippen LogP contribution in [0.5, 0.6) is 0 Å². The van der Waals surface area contributed by atoms with Crippen molar-refractivity contribution < 1.29 is 4.79 Å². The molecule has 2 aromatic rings. The number of benzene rings is 1. The van der Waals surface area contributed by atoms with Crippen molar-refractivity contribution in [2.24, 2.45) is 0 Å². The number of thiazole rings is 1. The molecule has 1 amide bonds. The summed E-state index contributed by atoms with van der Waals surface area (Å²) in [4.78, 5) is 16.5. The average molecular weight is 281 g/mol. The number of amides is 1. The van der Waals surface area contributed by atoms with Crippen LogP contribution < -0.4 is 5.32 Å². The molecular formula is C13H13ClN2OS. The summed E-state index contributed by atoms with van der Waals surface area (Å²) in [5.41, 5.74) is 1.000. The molecule has 0 radical (unpaired) electrons. The second-order valence-electron chi connectivity index (χ2n) is 3.83. The van der Waals surface area contributed by atoms with Crippen LogP contribution in [0, 0.1) is 6.92 Å². The van der Waals surface area contributed by atoms with E-state index in [1.165, 1.54) is 11.3 Å². The number of carbonyl (C=O) groups is 1. The van der Waals surface area contributed by atoms with Gasteiger partial charge in [0.25, 0.3) is 5.91 Å². The molecule has 1 atom stereocenters. The Morgan fingerprint density at radius 2 is 2.17 bits per heavy atom. The van der Waals surface area contributed by atoms with Gasteiger partial charge in [0.05, 0.1) is 16.6 Å². The van der Waals surface area contributed by atoms with E-state index in [4.69, 9.17) is 11.6 Å². The summed E-state index contributed by atoms with van der Waals surface area (Å²) in [5.74, 6) is -0.123. The molecule has 1 aromatic heterocycles. The number of halogens is 1. The van der Waals surface area contributed by atoms with Gasteiger partial charge in [0, 0.05) is 6.54 Å². The summed E-state index contributed by atoms with van der Waals surface area (Å²) in [6.45, 7) is 2.27. The Labute approximate surface area is 115 Å². The van der Waals surface area contributed by atoms with Crippen LogP contribution in [0.4, 0.5) is 0 Å². The number of carbonyl (C=O) groups excluding carboxylic acids is 1. The Bertz CT molecular complexity index is 527. The van der Waals surface area contributed by atoms with E-state index in [-0.39, 0.29) is 11.3 Å². The normalized spacial score (nSPS) is 12.1. The maximum Gasteiger partial charge on any atom is 0.263 e. The average Bonchev–Trinajstić information content (AvgIpc) is 2.83. The van der Waals surface area contributed by atoms with Crippen molar-refractivity contribution in [3.05, 3.63) is 52.0 Å². The minimum atomic E-state index is -0.218. The van der Waals surface area contributed by atoms with Gasteiger partial charge in [-0.2, -0.15) is 0 Å². The Morgan fingerprint density at radius 3 is 2.78 bits per heavy atom. The Morgan fingerprint density at radius 1 is 1.44 bits per heavy atom. The van der Waals surface area contributed by atoms with Gasteiger partial charge < -0.3 is 5.32 Å². The largest absolute Gasteiger partial charge is 0.349 e. The summed E-state index contributed by atoms with van der Waals surface area (Å²) in [6, 6.07) is 9.69. The first-order valence-corrected chi connectivity index (χ1v) is 6.82. The number of rotatable bonds is 4. The van der Waals surface area contributed by atoms with Crippen LogP contribution in [-0.4, -0.2) is 17.4 Å². The van der Waals surface area contributed by atoms with Gasteiger partial charge in [0.15, 0.2) is 0 Å². The molecule has 18 heavy (non-hydrogen) atoms. The molecule has 1 heterocycles. The van der Waals surface area contributed by atoms with Crippen LogP contribution in [0.2, 0.25) is 0 Å². The maximum absolute atomic E-state index is 11.8. The van der Waals surface area contributed by atoms with E-state index in [0.717, 1.165) is 10.6 Å². The predicted octanol–water partition coefficient (Wildman–Crippen LogP) is 3.16. The lowest BCUT2D eigenvalue weighted by molar-refractivity contribution is 0.0957. The molecule has 0 aliphatic heterocycles. The van der Waals surface area contributed by atoms with E-state index >= 15 is 0 Å². The van der Waals surface area contributed by atoms with E-state index in [2.05, 4.69) is 10.3 Å². The Hall–Kier alpha value is -1.39. The zero-order chi connectivity index (χ0) is 13.0. The van der Waals surface area contributed by atoms with Gasteiger partial charge in [-0.05, 0) is 12.5 Å². The van der Waals surface area contributed by atoms with Crippen molar-refractivity contribution >= 4 is 28.8 Å². The van der Waals surface area contributed by atoms with Crippen LogP contribution in [0.25, 0.3) is 0 Å². The van der Waals surface area contributed by atoms with Gasteiger partial charge in [0.1, 0.15) is 4.88 Å². The quantitative estimate of drug-likeness (QED) is 0.874. The SMILES string of the molecule is Cc1ncc(C(=O)NCC(Cl)c2ccccc2)s1. The molecule has 94 valence electrons. The van der Waals surface area contributed by atoms with E-state index in [9.17, 15) is 4.79 Å². The highest BCUT2D eigenvalue weighted by molar-refractivity contribution is 7.13. The molecule has 3 nitrogen and oxygen atoms in total. The van der Waals surface area contributed by atoms with E-state index < -0.39 is 0 Å². The molecule has 0 fully saturated rings. The van der Waals surface area contributed by atoms with Gasteiger partial charge >= 0.3 is 0 Å². The van der Waals surface area contributed by atoms with Crippen molar-refractivity contribution in [1.82, 2.24) is 10.3 Å². The van der Waals surface area contributed by atoms with Gasteiger partial charge in [-0.1, -0.05) is 30.3 Å². The predicted molar refractivity (Wildman–Crippen MR) is 74.2 cm³/mol. The highest BCUT2D eigenvalue weighted by Gasteiger charge is 2.12. The van der Waals surface area contributed by atoms with E-state index in [1.54, 1.807) is 6.20 Å². The highest BCUT2D eigenvalue weighted by atomic mass is 35.5. The molecule has 2 rings (SSSR count). The summed E-state index contributed by atoms with van der Waals surface area (Å²) < 4.78 is 0. The molecular weight excluding hydrogens is 268 g/mol. The Kier molecular flexibility index (Phi) is 4.33. The minimum Gasteiger partial charge on any atom is -0.349 e. The summed E-state index contributed by atoms with van der Waals surface area (Å²) in [6.07, 6.45) is 1.58. The first-order chi connectivity index (χ1) is 8.66. The van der Waals surface area contributed by atoms with Crippen molar-refractivity contribution in [2.75, 3.05) is 6.54 Å². The molecule has 0 aliphatic carbocycles. The third kappa shape index (κ3) is 3.31. The van der Waals surface area contributed by atoms with Crippen molar-refractivity contribution in [1.29, 1.82) is 0 Å². The number of hydrogen-bond acceptors (Lipinski definition) is 3. The first-order valence-electron chi connectivity index (χ1n) is 5.56. The molecule has 0 saturated carbocycles. The number of hydrogen-bond donors (Lipinski definition) is 1. The molecule has 0 spiro atoms. The van der Waals surface area contributed by atoms with Crippen LogP contribution in [0.1, 0.15) is 25.6 Å². The fourth-order valence-corrected chi connectivity index (χ4v) is 2.43. The van der Waals surface area contributed by atoms with E-state index in [1.807, 2.05) is 37.3 Å². The van der Waals surface area contributed by atoms with Crippen molar-refractivity contribution in [3.8, 4) is 0 Å². The molecule has 1 unspecified atom stereocenters. The number of aromatic nitrogens is 1. The van der Waals surface area contributed by atoms with Crippen LogP contribution >= 0.6 is 22.9 Å². The van der Waals surface area contributed by atoms with Gasteiger partial charge in [-0.15, -0.1) is 22.9 Å². The number of alkyl halides is 1. The molecule has 5 heteroatoms. The third-order valence-corrected chi connectivity index (χ3v) is 3.77. The fraction of sp³-hybridized carbons (Fsp3) is 0.231. The van der Waals surface area contributed by atoms with Crippen LogP contribution in [-0.2, 0) is 0 Å². The molecule has 0 aliphatic rings. The lowest BCUT2D eigenvalue weighted by Crippen LogP contribution is -2.26. The van der Waals surface area contributed by atoms with Gasteiger partial charge in [-0.3, -0.25) is 4.79 Å². The lowest BCUT2D eigenvalue weighted by Gasteiger charge is -2.10. The fourth-order valence-electron chi connectivity index (χ4n) is 1.52. The van der Waals surface area contributed by atoms with Crippen molar-refractivity contribution in [2.45, 2.75) is 12.3 Å². The zero-order valence-electron chi connectivity index (χ0n) is 9.89. The Balaban J connectivity index is 1.90.